The highest BCUT2D eigenvalue weighted by Crippen LogP contribution is 2.25. The number of hydrogen-bond donors (Lipinski definition) is 1. The molecule has 2 aromatic heterocycles. The summed E-state index contributed by atoms with van der Waals surface area (Å²) in [6.45, 7) is 3.08. The Labute approximate surface area is 175 Å². The maximum absolute atomic E-state index is 12.1. The molecule has 4 nitrogen and oxygen atoms in total. The minimum atomic E-state index is 0. The van der Waals surface area contributed by atoms with E-state index in [1.807, 2.05) is 36.0 Å². The van der Waals surface area contributed by atoms with Crippen LogP contribution in [0.15, 0.2) is 60.2 Å². The Hall–Kier alpha value is -2.05. The predicted octanol–water partition coefficient (Wildman–Crippen LogP) is 1.47. The zero-order valence-corrected chi connectivity index (χ0v) is 17.8. The molecule has 0 aliphatic rings. The van der Waals surface area contributed by atoms with Crippen molar-refractivity contribution < 1.29 is 26.3 Å². The van der Waals surface area contributed by atoms with E-state index >= 15 is 0 Å². The van der Waals surface area contributed by atoms with E-state index in [4.69, 9.17) is 0 Å². The number of aryl methyl sites for hydroxylation is 2. The topological polar surface area (TPSA) is 45.9 Å². The molecule has 1 amide bonds. The van der Waals surface area contributed by atoms with Gasteiger partial charge in [-0.1, -0.05) is 37.3 Å². The Kier molecular flexibility index (Phi) is 8.61. The summed E-state index contributed by atoms with van der Waals surface area (Å²) >= 11 is 1.47. The quantitative estimate of drug-likeness (QED) is 0.421. The van der Waals surface area contributed by atoms with Crippen molar-refractivity contribution in [3.8, 4) is 11.3 Å². The Bertz CT molecular complexity index is 834. The van der Waals surface area contributed by atoms with Crippen LogP contribution in [0.3, 0.4) is 0 Å². The summed E-state index contributed by atoms with van der Waals surface area (Å²) in [5.41, 5.74) is 3.30. The molecule has 1 aromatic carbocycles. The number of nitrogens with zero attached hydrogens (tertiary/aromatic N) is 2. The van der Waals surface area contributed by atoms with Crippen molar-refractivity contribution in [2.75, 3.05) is 5.32 Å². The number of carbonyl (C=O) groups is 1. The van der Waals surface area contributed by atoms with Crippen LogP contribution in [0, 0.1) is 0 Å². The van der Waals surface area contributed by atoms with Crippen molar-refractivity contribution in [3.63, 3.8) is 0 Å². The highest BCUT2D eigenvalue weighted by molar-refractivity contribution is 7.14. The molecular weight excluding hydrogens is 422 g/mol. The number of halogens is 1. The number of hydrogen-bond acceptors (Lipinski definition) is 3. The van der Waals surface area contributed by atoms with E-state index in [1.165, 1.54) is 16.9 Å². The SMILES string of the molecule is CCc1ccc(-c2csc(NC(=O)CCCC[n+]3ccccc3)n2)cc1.[Br-]. The van der Waals surface area contributed by atoms with Crippen LogP contribution in [-0.4, -0.2) is 10.9 Å². The van der Waals surface area contributed by atoms with Crippen molar-refractivity contribution in [3.05, 3.63) is 65.8 Å². The fourth-order valence-electron chi connectivity index (χ4n) is 2.72. The summed E-state index contributed by atoms with van der Waals surface area (Å²) in [5, 5.41) is 5.57. The Morgan fingerprint density at radius 2 is 1.85 bits per heavy atom. The second-order valence-electron chi connectivity index (χ2n) is 6.21. The molecule has 3 rings (SSSR count). The fourth-order valence-corrected chi connectivity index (χ4v) is 3.46. The molecule has 0 radical (unpaired) electrons. The minimum absolute atomic E-state index is 0. The first kappa shape index (κ1) is 21.3. The number of unbranched alkanes of at least 4 members (excludes halogenated alkanes) is 1. The first-order chi connectivity index (χ1) is 12.7. The van der Waals surface area contributed by atoms with Gasteiger partial charge in [-0.25, -0.2) is 9.55 Å². The molecule has 0 aliphatic carbocycles. The standard InChI is InChI=1S/C21H23N3OS.BrH/c1-2-17-9-11-18(12-10-17)19-16-26-21(22-19)23-20(25)8-4-7-15-24-13-5-3-6-14-24;/h3,5-6,9-14,16H,2,4,7-8,15H2,1H3;1H. The summed E-state index contributed by atoms with van der Waals surface area (Å²) in [5.74, 6) is 0.0327. The molecule has 142 valence electrons. The molecule has 1 N–H and O–H groups in total. The molecule has 2 heterocycles. The van der Waals surface area contributed by atoms with Gasteiger partial charge < -0.3 is 22.3 Å². The van der Waals surface area contributed by atoms with Crippen molar-refractivity contribution in [1.29, 1.82) is 0 Å². The van der Waals surface area contributed by atoms with E-state index in [0.717, 1.165) is 37.1 Å². The fraction of sp³-hybridized carbons (Fsp3) is 0.286. The molecule has 6 heteroatoms. The van der Waals surface area contributed by atoms with Gasteiger partial charge in [0.2, 0.25) is 5.91 Å². The largest absolute Gasteiger partial charge is 1.00 e. The Balaban J connectivity index is 0.00000261. The smallest absolute Gasteiger partial charge is 0.226 e. The van der Waals surface area contributed by atoms with Crippen molar-refractivity contribution >= 4 is 22.4 Å². The molecular formula is C21H24BrN3OS. The van der Waals surface area contributed by atoms with Crippen LogP contribution in [0.5, 0.6) is 0 Å². The van der Waals surface area contributed by atoms with Crippen LogP contribution in [-0.2, 0) is 17.8 Å². The van der Waals surface area contributed by atoms with Gasteiger partial charge in [0.15, 0.2) is 17.5 Å². The lowest BCUT2D eigenvalue weighted by Gasteiger charge is -2.01. The normalized spacial score (nSPS) is 10.3. The van der Waals surface area contributed by atoms with Crippen molar-refractivity contribution in [2.45, 2.75) is 39.2 Å². The average Bonchev–Trinajstić information content (AvgIpc) is 3.14. The highest BCUT2D eigenvalue weighted by atomic mass is 79.9. The lowest BCUT2D eigenvalue weighted by atomic mass is 10.1. The zero-order chi connectivity index (χ0) is 18.2. The molecule has 0 atom stereocenters. The first-order valence-corrected chi connectivity index (χ1v) is 9.91. The third-order valence-electron chi connectivity index (χ3n) is 4.26. The van der Waals surface area contributed by atoms with Gasteiger partial charge in [0.1, 0.15) is 6.54 Å². The molecule has 3 aromatic rings. The van der Waals surface area contributed by atoms with Gasteiger partial charge >= 0.3 is 0 Å². The van der Waals surface area contributed by atoms with Gasteiger partial charge in [0.05, 0.1) is 5.69 Å². The second-order valence-corrected chi connectivity index (χ2v) is 7.07. The van der Waals surface area contributed by atoms with Gasteiger partial charge in [-0.15, -0.1) is 11.3 Å². The van der Waals surface area contributed by atoms with E-state index in [1.54, 1.807) is 0 Å². The third kappa shape index (κ3) is 6.56. The third-order valence-corrected chi connectivity index (χ3v) is 5.01. The number of aromatic nitrogens is 2. The van der Waals surface area contributed by atoms with E-state index in [9.17, 15) is 4.79 Å². The van der Waals surface area contributed by atoms with Crippen molar-refractivity contribution in [2.24, 2.45) is 0 Å². The summed E-state index contributed by atoms with van der Waals surface area (Å²) in [4.78, 5) is 16.6. The maximum atomic E-state index is 12.1. The van der Waals surface area contributed by atoms with Crippen LogP contribution < -0.4 is 26.9 Å². The van der Waals surface area contributed by atoms with E-state index < -0.39 is 0 Å². The average molecular weight is 446 g/mol. The van der Waals surface area contributed by atoms with Crippen LogP contribution in [0.4, 0.5) is 5.13 Å². The number of anilines is 1. The molecule has 0 bridgehead atoms. The lowest BCUT2D eigenvalue weighted by molar-refractivity contribution is -0.697. The number of thiazole rings is 1. The van der Waals surface area contributed by atoms with E-state index in [2.05, 4.69) is 46.1 Å². The van der Waals surface area contributed by atoms with Crippen LogP contribution >= 0.6 is 11.3 Å². The van der Waals surface area contributed by atoms with Gasteiger partial charge in [-0.05, 0) is 18.4 Å². The molecule has 0 unspecified atom stereocenters. The molecule has 0 saturated heterocycles. The Morgan fingerprint density at radius 3 is 2.56 bits per heavy atom. The van der Waals surface area contributed by atoms with Crippen LogP contribution in [0.2, 0.25) is 0 Å². The molecule has 0 spiro atoms. The molecule has 27 heavy (non-hydrogen) atoms. The van der Waals surface area contributed by atoms with Crippen LogP contribution in [0.25, 0.3) is 11.3 Å². The summed E-state index contributed by atoms with van der Waals surface area (Å²) in [7, 11) is 0. The zero-order valence-electron chi connectivity index (χ0n) is 15.4. The maximum Gasteiger partial charge on any atom is 0.226 e. The lowest BCUT2D eigenvalue weighted by Crippen LogP contribution is -3.00. The van der Waals surface area contributed by atoms with Gasteiger partial charge in [0, 0.05) is 35.9 Å². The number of rotatable bonds is 8. The number of pyridine rings is 1. The van der Waals surface area contributed by atoms with E-state index in [0.29, 0.717) is 11.6 Å². The van der Waals surface area contributed by atoms with Gasteiger partial charge in [-0.2, -0.15) is 0 Å². The second kappa shape index (κ2) is 10.9. The number of benzene rings is 1. The number of amides is 1. The van der Waals surface area contributed by atoms with Crippen LogP contribution in [0.1, 0.15) is 31.7 Å². The summed E-state index contributed by atoms with van der Waals surface area (Å²) in [6, 6.07) is 14.5. The Morgan fingerprint density at radius 1 is 1.11 bits per heavy atom. The van der Waals surface area contributed by atoms with Gasteiger partial charge in [0.25, 0.3) is 0 Å². The first-order valence-electron chi connectivity index (χ1n) is 9.03. The summed E-state index contributed by atoms with van der Waals surface area (Å²) < 4.78 is 2.13. The molecule has 0 saturated carbocycles. The van der Waals surface area contributed by atoms with Crippen molar-refractivity contribution in [1.82, 2.24) is 4.98 Å². The number of nitrogens with one attached hydrogen (secondary N) is 1. The summed E-state index contributed by atoms with van der Waals surface area (Å²) in [6.07, 6.45) is 7.49. The minimum Gasteiger partial charge on any atom is -1.00 e. The molecule has 0 fully saturated rings. The molecule has 0 aliphatic heterocycles. The highest BCUT2D eigenvalue weighted by Gasteiger charge is 2.08. The van der Waals surface area contributed by atoms with E-state index in [-0.39, 0.29) is 22.9 Å². The van der Waals surface area contributed by atoms with Gasteiger partial charge in [-0.3, -0.25) is 4.79 Å². The number of carbonyl (C=O) groups excluding carboxylic acids is 1. The predicted molar refractivity (Wildman–Crippen MR) is 106 cm³/mol. The monoisotopic (exact) mass is 445 g/mol.